The van der Waals surface area contributed by atoms with Crippen LogP contribution in [-0.2, 0) is 4.79 Å². The van der Waals surface area contributed by atoms with E-state index in [1.165, 1.54) is 0 Å². The van der Waals surface area contributed by atoms with Gasteiger partial charge in [-0.2, -0.15) is 0 Å². The van der Waals surface area contributed by atoms with E-state index in [2.05, 4.69) is 5.32 Å². The molecule has 0 radical (unpaired) electrons. The first-order chi connectivity index (χ1) is 7.15. The van der Waals surface area contributed by atoms with Crippen LogP contribution in [0.5, 0.6) is 0 Å². The van der Waals surface area contributed by atoms with Crippen LogP contribution in [0.2, 0.25) is 0 Å². The van der Waals surface area contributed by atoms with Crippen molar-refractivity contribution in [3.8, 4) is 0 Å². The second kappa shape index (κ2) is 5.48. The molecule has 4 nitrogen and oxygen atoms in total. The number of nitrogens with one attached hydrogen (secondary N) is 1. The first-order valence-electron chi connectivity index (χ1n) is 4.87. The number of carbonyl (C=O) groups excluding carboxylic acids is 1. The topological polar surface area (TPSA) is 75.3 Å². The molecule has 0 aromatic heterocycles. The summed E-state index contributed by atoms with van der Waals surface area (Å²) in [4.78, 5) is 11.6. The van der Waals surface area contributed by atoms with Gasteiger partial charge in [-0.3, -0.25) is 4.79 Å². The molecule has 4 N–H and O–H groups in total. The summed E-state index contributed by atoms with van der Waals surface area (Å²) < 4.78 is 0. The minimum atomic E-state index is -0.680. The number of rotatable bonds is 4. The lowest BCUT2D eigenvalue weighted by molar-refractivity contribution is -0.123. The van der Waals surface area contributed by atoms with Gasteiger partial charge in [-0.15, -0.1) is 0 Å². The molecule has 0 fully saturated rings. The molecule has 1 amide bonds. The minimum Gasteiger partial charge on any atom is -0.394 e. The van der Waals surface area contributed by atoms with Gasteiger partial charge in [0.05, 0.1) is 6.61 Å². The summed E-state index contributed by atoms with van der Waals surface area (Å²) in [5.74, 6) is -0.275. The van der Waals surface area contributed by atoms with Crippen LogP contribution in [0.3, 0.4) is 0 Å². The zero-order valence-electron chi connectivity index (χ0n) is 8.68. The third-order valence-corrected chi connectivity index (χ3v) is 2.10. The van der Waals surface area contributed by atoms with Crippen molar-refractivity contribution in [1.29, 1.82) is 0 Å². The van der Waals surface area contributed by atoms with Gasteiger partial charge in [0.1, 0.15) is 6.04 Å². The predicted molar refractivity (Wildman–Crippen MR) is 58.1 cm³/mol. The van der Waals surface area contributed by atoms with Gasteiger partial charge in [0.15, 0.2) is 0 Å². The Labute approximate surface area is 89.1 Å². The van der Waals surface area contributed by atoms with E-state index in [-0.39, 0.29) is 18.6 Å². The fourth-order valence-corrected chi connectivity index (χ4v) is 1.19. The Morgan fingerprint density at radius 2 is 2.07 bits per heavy atom. The zero-order valence-corrected chi connectivity index (χ0v) is 8.68. The summed E-state index contributed by atoms with van der Waals surface area (Å²) in [5, 5.41) is 11.4. The predicted octanol–water partition coefficient (Wildman–Crippen LogP) is 0.183. The highest BCUT2D eigenvalue weighted by molar-refractivity contribution is 5.83. The van der Waals surface area contributed by atoms with Crippen LogP contribution < -0.4 is 11.1 Å². The SMILES string of the molecule is C[C@@H](CO)NC(=O)[C@H](N)c1ccccc1. The molecule has 0 heterocycles. The third kappa shape index (κ3) is 3.34. The molecule has 0 saturated carbocycles. The first-order valence-corrected chi connectivity index (χ1v) is 4.87. The van der Waals surface area contributed by atoms with Crippen LogP contribution >= 0.6 is 0 Å². The maximum Gasteiger partial charge on any atom is 0.241 e. The molecule has 0 spiro atoms. The number of amides is 1. The molecule has 82 valence electrons. The van der Waals surface area contributed by atoms with Crippen LogP contribution in [-0.4, -0.2) is 23.7 Å². The van der Waals surface area contributed by atoms with Gasteiger partial charge in [0.25, 0.3) is 0 Å². The fourth-order valence-electron chi connectivity index (χ4n) is 1.19. The van der Waals surface area contributed by atoms with E-state index in [4.69, 9.17) is 10.8 Å². The Balaban J connectivity index is 2.61. The minimum absolute atomic E-state index is 0.0900. The number of carbonyl (C=O) groups is 1. The molecule has 1 rings (SSSR count). The van der Waals surface area contributed by atoms with Crippen molar-refractivity contribution in [3.05, 3.63) is 35.9 Å². The first kappa shape index (κ1) is 11.7. The van der Waals surface area contributed by atoms with Crippen molar-refractivity contribution in [2.24, 2.45) is 5.73 Å². The summed E-state index contributed by atoms with van der Waals surface area (Å²) in [7, 11) is 0. The van der Waals surface area contributed by atoms with Gasteiger partial charge in [-0.05, 0) is 12.5 Å². The molecule has 4 heteroatoms. The lowest BCUT2D eigenvalue weighted by Crippen LogP contribution is -2.40. The molecule has 15 heavy (non-hydrogen) atoms. The third-order valence-electron chi connectivity index (χ3n) is 2.10. The standard InChI is InChI=1S/C11H16N2O2/c1-8(7-14)13-11(15)10(12)9-5-3-2-4-6-9/h2-6,8,10,14H,7,12H2,1H3,(H,13,15)/t8-,10+/m0/s1. The summed E-state index contributed by atoms with van der Waals surface area (Å²) in [6.07, 6.45) is 0. The summed E-state index contributed by atoms with van der Waals surface area (Å²) in [6.45, 7) is 1.63. The van der Waals surface area contributed by atoms with Gasteiger partial charge in [0.2, 0.25) is 5.91 Å². The van der Waals surface area contributed by atoms with Crippen LogP contribution in [0, 0.1) is 0 Å². The summed E-state index contributed by atoms with van der Waals surface area (Å²) in [6, 6.07) is 8.18. The van der Waals surface area contributed by atoms with Crippen LogP contribution in [0.4, 0.5) is 0 Å². The molecule has 1 aromatic rings. The summed E-state index contributed by atoms with van der Waals surface area (Å²) >= 11 is 0. The van der Waals surface area contributed by atoms with Gasteiger partial charge in [-0.25, -0.2) is 0 Å². The van der Waals surface area contributed by atoms with Crippen LogP contribution in [0.15, 0.2) is 30.3 Å². The van der Waals surface area contributed by atoms with Gasteiger partial charge in [0, 0.05) is 6.04 Å². The van der Waals surface area contributed by atoms with E-state index in [1.54, 1.807) is 19.1 Å². The Kier molecular flexibility index (Phi) is 4.27. The van der Waals surface area contributed by atoms with Crippen molar-refractivity contribution in [3.63, 3.8) is 0 Å². The van der Waals surface area contributed by atoms with Crippen LogP contribution in [0.1, 0.15) is 18.5 Å². The monoisotopic (exact) mass is 208 g/mol. The highest BCUT2D eigenvalue weighted by atomic mass is 16.3. The highest BCUT2D eigenvalue weighted by Gasteiger charge is 2.16. The van der Waals surface area contributed by atoms with Crippen molar-refractivity contribution >= 4 is 5.91 Å². The smallest absolute Gasteiger partial charge is 0.241 e. The number of aliphatic hydroxyl groups is 1. The van der Waals surface area contributed by atoms with Crippen molar-refractivity contribution in [2.45, 2.75) is 19.0 Å². The second-order valence-corrected chi connectivity index (χ2v) is 3.48. The lowest BCUT2D eigenvalue weighted by Gasteiger charge is -2.15. The zero-order chi connectivity index (χ0) is 11.3. The molecule has 0 aliphatic heterocycles. The average molecular weight is 208 g/mol. The van der Waals surface area contributed by atoms with Crippen molar-refractivity contribution < 1.29 is 9.90 Å². The van der Waals surface area contributed by atoms with Gasteiger partial charge in [-0.1, -0.05) is 30.3 Å². The molecular formula is C11H16N2O2. The van der Waals surface area contributed by atoms with Crippen LogP contribution in [0.25, 0.3) is 0 Å². The maximum atomic E-state index is 11.6. The molecule has 0 aliphatic carbocycles. The molecule has 0 saturated heterocycles. The number of nitrogens with two attached hydrogens (primary N) is 1. The molecular weight excluding hydrogens is 192 g/mol. The normalized spacial score (nSPS) is 14.3. The van der Waals surface area contributed by atoms with Crippen molar-refractivity contribution in [1.82, 2.24) is 5.32 Å². The Hall–Kier alpha value is -1.39. The molecule has 0 bridgehead atoms. The Bertz CT molecular complexity index is 314. The molecule has 0 unspecified atom stereocenters. The lowest BCUT2D eigenvalue weighted by atomic mass is 10.1. The average Bonchev–Trinajstić information content (AvgIpc) is 2.29. The number of hydrogen-bond acceptors (Lipinski definition) is 3. The Morgan fingerprint density at radius 3 is 2.60 bits per heavy atom. The van der Waals surface area contributed by atoms with E-state index < -0.39 is 6.04 Å². The quantitative estimate of drug-likeness (QED) is 0.661. The van der Waals surface area contributed by atoms with Crippen molar-refractivity contribution in [2.75, 3.05) is 6.61 Å². The second-order valence-electron chi connectivity index (χ2n) is 3.48. The molecule has 2 atom stereocenters. The van der Waals surface area contributed by atoms with E-state index >= 15 is 0 Å². The van der Waals surface area contributed by atoms with Gasteiger partial charge >= 0.3 is 0 Å². The van der Waals surface area contributed by atoms with E-state index in [0.29, 0.717) is 0 Å². The fraction of sp³-hybridized carbons (Fsp3) is 0.364. The van der Waals surface area contributed by atoms with E-state index in [9.17, 15) is 4.79 Å². The largest absolute Gasteiger partial charge is 0.394 e. The van der Waals surface area contributed by atoms with E-state index in [1.807, 2.05) is 18.2 Å². The van der Waals surface area contributed by atoms with Gasteiger partial charge < -0.3 is 16.2 Å². The Morgan fingerprint density at radius 1 is 1.47 bits per heavy atom. The molecule has 0 aliphatic rings. The number of aliphatic hydroxyl groups excluding tert-OH is 1. The number of hydrogen-bond donors (Lipinski definition) is 3. The number of benzene rings is 1. The maximum absolute atomic E-state index is 11.6. The highest BCUT2D eigenvalue weighted by Crippen LogP contribution is 2.09. The summed E-state index contributed by atoms with van der Waals surface area (Å²) in [5.41, 5.74) is 6.51. The molecule has 1 aromatic carbocycles. The van der Waals surface area contributed by atoms with E-state index in [0.717, 1.165) is 5.56 Å².